The zero-order chi connectivity index (χ0) is 16.3. The molecular weight excluding hydrogens is 326 g/mol. The van der Waals surface area contributed by atoms with Gasteiger partial charge in [0.1, 0.15) is 0 Å². The van der Waals surface area contributed by atoms with Crippen LogP contribution in [-0.2, 0) is 14.8 Å². The number of para-hydroxylation sites is 1. The average Bonchev–Trinajstić information content (AvgIpc) is 2.48. The van der Waals surface area contributed by atoms with E-state index in [1.54, 1.807) is 30.3 Å². The third kappa shape index (κ3) is 3.40. The van der Waals surface area contributed by atoms with Gasteiger partial charge in [0, 0.05) is 0 Å². The molecule has 0 atom stereocenters. The third-order valence-corrected chi connectivity index (χ3v) is 4.30. The molecule has 0 fully saturated rings. The van der Waals surface area contributed by atoms with Crippen LogP contribution in [0.15, 0.2) is 48.5 Å². The lowest BCUT2D eigenvalue weighted by Crippen LogP contribution is -2.25. The first-order valence-corrected chi connectivity index (χ1v) is 8.50. The van der Waals surface area contributed by atoms with Crippen LogP contribution in [0.2, 0.25) is 5.02 Å². The van der Waals surface area contributed by atoms with E-state index in [1.165, 1.54) is 25.3 Å². The fourth-order valence-corrected chi connectivity index (χ4v) is 3.25. The standard InChI is InChI=1S/C15H14ClNO4S/c1-21-15(18)11-8-9-13(16)14(10-11)17(22(2,19)20)12-6-4-3-5-7-12/h3-10H,1-2H3. The highest BCUT2D eigenvalue weighted by atomic mass is 35.5. The molecule has 5 nitrogen and oxygen atoms in total. The summed E-state index contributed by atoms with van der Waals surface area (Å²) < 4.78 is 30.1. The molecule has 0 aliphatic carbocycles. The van der Waals surface area contributed by atoms with Crippen molar-refractivity contribution in [1.29, 1.82) is 0 Å². The molecule has 0 N–H and O–H groups in total. The quantitative estimate of drug-likeness (QED) is 0.802. The smallest absolute Gasteiger partial charge is 0.337 e. The van der Waals surface area contributed by atoms with Gasteiger partial charge < -0.3 is 4.74 Å². The zero-order valence-electron chi connectivity index (χ0n) is 12.0. The molecule has 0 spiro atoms. The molecule has 0 unspecified atom stereocenters. The second-order valence-corrected chi connectivity index (χ2v) is 6.76. The van der Waals surface area contributed by atoms with Crippen LogP contribution in [0.1, 0.15) is 10.4 Å². The molecule has 0 saturated heterocycles. The lowest BCUT2D eigenvalue weighted by Gasteiger charge is -2.23. The Morgan fingerprint density at radius 3 is 2.32 bits per heavy atom. The van der Waals surface area contributed by atoms with Crippen LogP contribution < -0.4 is 4.31 Å². The van der Waals surface area contributed by atoms with Crippen molar-refractivity contribution in [3.05, 3.63) is 59.1 Å². The van der Waals surface area contributed by atoms with E-state index < -0.39 is 16.0 Å². The van der Waals surface area contributed by atoms with Crippen LogP contribution in [0.5, 0.6) is 0 Å². The van der Waals surface area contributed by atoms with Crippen molar-refractivity contribution in [3.63, 3.8) is 0 Å². The predicted molar refractivity (Wildman–Crippen MR) is 86.2 cm³/mol. The van der Waals surface area contributed by atoms with E-state index in [0.717, 1.165) is 10.6 Å². The summed E-state index contributed by atoms with van der Waals surface area (Å²) in [5.41, 5.74) is 0.832. The lowest BCUT2D eigenvalue weighted by molar-refractivity contribution is 0.0601. The zero-order valence-corrected chi connectivity index (χ0v) is 13.6. The van der Waals surface area contributed by atoms with E-state index in [2.05, 4.69) is 4.74 Å². The molecular formula is C15H14ClNO4S. The SMILES string of the molecule is COC(=O)c1ccc(Cl)c(N(c2ccccc2)S(C)(=O)=O)c1. The monoisotopic (exact) mass is 339 g/mol. The average molecular weight is 340 g/mol. The Hall–Kier alpha value is -2.05. The maximum Gasteiger partial charge on any atom is 0.337 e. The Kier molecular flexibility index (Phi) is 4.73. The maximum atomic E-state index is 12.2. The van der Waals surface area contributed by atoms with Crippen LogP contribution >= 0.6 is 11.6 Å². The van der Waals surface area contributed by atoms with Gasteiger partial charge in [0.25, 0.3) is 0 Å². The van der Waals surface area contributed by atoms with Crippen molar-refractivity contribution in [1.82, 2.24) is 0 Å². The van der Waals surface area contributed by atoms with Gasteiger partial charge in [0.05, 0.1) is 35.3 Å². The van der Waals surface area contributed by atoms with Gasteiger partial charge in [-0.3, -0.25) is 0 Å². The molecule has 7 heteroatoms. The van der Waals surface area contributed by atoms with E-state index in [4.69, 9.17) is 11.6 Å². The molecule has 2 aromatic carbocycles. The number of hydrogen-bond donors (Lipinski definition) is 0. The van der Waals surface area contributed by atoms with Gasteiger partial charge in [-0.2, -0.15) is 0 Å². The van der Waals surface area contributed by atoms with Crippen molar-refractivity contribution in [3.8, 4) is 0 Å². The van der Waals surface area contributed by atoms with E-state index in [0.29, 0.717) is 5.69 Å². The number of benzene rings is 2. The number of sulfonamides is 1. The molecule has 0 aliphatic rings. The van der Waals surface area contributed by atoms with E-state index in [-0.39, 0.29) is 16.3 Å². The van der Waals surface area contributed by atoms with Gasteiger partial charge in [-0.15, -0.1) is 0 Å². The highest BCUT2D eigenvalue weighted by Crippen LogP contribution is 2.34. The van der Waals surface area contributed by atoms with Crippen LogP contribution in [-0.4, -0.2) is 27.8 Å². The van der Waals surface area contributed by atoms with Gasteiger partial charge in [0.15, 0.2) is 0 Å². The Morgan fingerprint density at radius 2 is 1.77 bits per heavy atom. The van der Waals surface area contributed by atoms with Crippen molar-refractivity contribution in [2.24, 2.45) is 0 Å². The Morgan fingerprint density at radius 1 is 1.14 bits per heavy atom. The number of hydrogen-bond acceptors (Lipinski definition) is 4. The van der Waals surface area contributed by atoms with Crippen LogP contribution in [0.3, 0.4) is 0 Å². The van der Waals surface area contributed by atoms with Gasteiger partial charge in [-0.1, -0.05) is 29.8 Å². The number of esters is 1. The summed E-state index contributed by atoms with van der Waals surface area (Å²) in [7, 11) is -2.39. The lowest BCUT2D eigenvalue weighted by atomic mass is 10.2. The molecule has 0 aromatic heterocycles. The minimum Gasteiger partial charge on any atom is -0.465 e. The van der Waals surface area contributed by atoms with Crippen LogP contribution in [0, 0.1) is 0 Å². The van der Waals surface area contributed by atoms with E-state index in [1.807, 2.05) is 0 Å². The number of carbonyl (C=O) groups excluding carboxylic acids is 1. The second kappa shape index (κ2) is 6.37. The molecule has 0 bridgehead atoms. The molecule has 2 aromatic rings. The fraction of sp³-hybridized carbons (Fsp3) is 0.133. The summed E-state index contributed by atoms with van der Waals surface area (Å²) in [6.45, 7) is 0. The summed E-state index contributed by atoms with van der Waals surface area (Å²) in [6, 6.07) is 12.8. The molecule has 116 valence electrons. The van der Waals surface area contributed by atoms with Crippen molar-refractivity contribution >= 4 is 39.0 Å². The van der Waals surface area contributed by atoms with Gasteiger partial charge in [-0.25, -0.2) is 17.5 Å². The summed E-state index contributed by atoms with van der Waals surface area (Å²) >= 11 is 6.14. The molecule has 0 amide bonds. The highest BCUT2D eigenvalue weighted by Gasteiger charge is 2.23. The van der Waals surface area contributed by atoms with E-state index in [9.17, 15) is 13.2 Å². The minimum absolute atomic E-state index is 0.193. The Balaban J connectivity index is 2.66. The van der Waals surface area contributed by atoms with Crippen molar-refractivity contribution in [2.45, 2.75) is 0 Å². The van der Waals surface area contributed by atoms with Crippen molar-refractivity contribution < 1.29 is 17.9 Å². The topological polar surface area (TPSA) is 63.7 Å². The molecule has 2 rings (SSSR count). The first kappa shape index (κ1) is 16.3. The normalized spacial score (nSPS) is 11.0. The number of ether oxygens (including phenoxy) is 1. The molecule has 0 saturated carbocycles. The number of methoxy groups -OCH3 is 1. The van der Waals surface area contributed by atoms with Crippen molar-refractivity contribution in [2.75, 3.05) is 17.7 Å². The largest absolute Gasteiger partial charge is 0.465 e. The minimum atomic E-state index is -3.65. The summed E-state index contributed by atoms with van der Waals surface area (Å²) in [4.78, 5) is 11.7. The number of nitrogens with zero attached hydrogens (tertiary/aromatic N) is 1. The molecule has 22 heavy (non-hydrogen) atoms. The van der Waals surface area contributed by atoms with Gasteiger partial charge in [0.2, 0.25) is 10.0 Å². The molecule has 0 heterocycles. The summed E-state index contributed by atoms with van der Waals surface area (Å²) in [5, 5.41) is 0.210. The number of anilines is 2. The molecule has 0 radical (unpaired) electrons. The number of halogens is 1. The summed E-state index contributed by atoms with van der Waals surface area (Å²) in [5.74, 6) is -0.570. The van der Waals surface area contributed by atoms with E-state index >= 15 is 0 Å². The van der Waals surface area contributed by atoms with Crippen LogP contribution in [0.25, 0.3) is 0 Å². The summed E-state index contributed by atoms with van der Waals surface area (Å²) in [6.07, 6.45) is 1.07. The van der Waals surface area contributed by atoms with Gasteiger partial charge in [-0.05, 0) is 30.3 Å². The maximum absolute atomic E-state index is 12.2. The first-order chi connectivity index (χ1) is 10.3. The predicted octanol–water partition coefficient (Wildman–Crippen LogP) is 3.22. The Bertz CT molecular complexity index is 790. The number of carbonyl (C=O) groups is 1. The van der Waals surface area contributed by atoms with Crippen LogP contribution in [0.4, 0.5) is 11.4 Å². The molecule has 0 aliphatic heterocycles. The second-order valence-electron chi connectivity index (χ2n) is 4.52. The van der Waals surface area contributed by atoms with Gasteiger partial charge >= 0.3 is 5.97 Å². The third-order valence-electron chi connectivity index (χ3n) is 2.91. The highest BCUT2D eigenvalue weighted by molar-refractivity contribution is 7.92. The Labute approximate surface area is 134 Å². The first-order valence-electron chi connectivity index (χ1n) is 6.28. The fourth-order valence-electron chi connectivity index (χ4n) is 1.99. The number of rotatable bonds is 4.